The summed E-state index contributed by atoms with van der Waals surface area (Å²) in [6.45, 7) is 8.22. The minimum Gasteiger partial charge on any atom is -0.461 e. The van der Waals surface area contributed by atoms with Crippen LogP contribution in [0.1, 0.15) is 39.4 Å². The van der Waals surface area contributed by atoms with E-state index in [4.69, 9.17) is 9.47 Å². The predicted octanol–water partition coefficient (Wildman–Crippen LogP) is 2.91. The summed E-state index contributed by atoms with van der Waals surface area (Å²) in [4.78, 5) is 14.1. The number of carbonyl (C=O) groups is 1. The van der Waals surface area contributed by atoms with E-state index < -0.39 is 5.97 Å². The normalized spacial score (nSPS) is 18.8. The molecule has 0 saturated carbocycles. The summed E-state index contributed by atoms with van der Waals surface area (Å²) in [5.74, 6) is -0.742. The Balaban J connectivity index is 2.37. The van der Waals surface area contributed by atoms with Crippen LogP contribution >= 0.6 is 0 Å². The summed E-state index contributed by atoms with van der Waals surface area (Å²) in [6, 6.07) is 6.30. The zero-order valence-corrected chi connectivity index (χ0v) is 13.9. The first-order valence-corrected chi connectivity index (χ1v) is 7.79. The maximum absolute atomic E-state index is 13.6. The molecule has 0 bridgehead atoms. The average Bonchev–Trinajstić information content (AvgIpc) is 2.85. The van der Waals surface area contributed by atoms with Crippen molar-refractivity contribution in [3.8, 4) is 0 Å². The summed E-state index contributed by atoms with van der Waals surface area (Å²) < 4.78 is 24.4. The van der Waals surface area contributed by atoms with Gasteiger partial charge in [0.25, 0.3) is 0 Å². The van der Waals surface area contributed by atoms with Crippen molar-refractivity contribution in [1.29, 1.82) is 0 Å². The Hall–Kier alpha value is -2.08. The number of hydrogen-bond acceptors (Lipinski definition) is 5. The average molecular weight is 322 g/mol. The van der Waals surface area contributed by atoms with Crippen LogP contribution in [0.25, 0.3) is 0 Å². The standard InChI is InChI=1S/C17H23FN2O3/c1-5-22-12(4)20-11(3)15(17(21)23-6-2)19-16(20)13-8-7-9-14(18)10-13/h7-10,12,16,19H,5-6H2,1-4H3. The molecule has 0 amide bonds. The molecule has 1 aromatic rings. The van der Waals surface area contributed by atoms with E-state index >= 15 is 0 Å². The number of esters is 1. The van der Waals surface area contributed by atoms with Crippen molar-refractivity contribution < 1.29 is 18.7 Å². The van der Waals surface area contributed by atoms with Crippen molar-refractivity contribution in [1.82, 2.24) is 10.2 Å². The van der Waals surface area contributed by atoms with E-state index in [1.54, 1.807) is 13.0 Å². The second kappa shape index (κ2) is 7.46. The van der Waals surface area contributed by atoms with Crippen LogP contribution in [0.4, 0.5) is 4.39 Å². The quantitative estimate of drug-likeness (QED) is 0.816. The first kappa shape index (κ1) is 17.3. The number of nitrogens with one attached hydrogen (secondary N) is 1. The Morgan fingerprint density at radius 1 is 1.39 bits per heavy atom. The van der Waals surface area contributed by atoms with Crippen molar-refractivity contribution in [3.63, 3.8) is 0 Å². The fourth-order valence-electron chi connectivity index (χ4n) is 2.77. The Labute approximate surface area is 136 Å². The van der Waals surface area contributed by atoms with Gasteiger partial charge in [0.2, 0.25) is 0 Å². The van der Waals surface area contributed by atoms with Crippen LogP contribution in [-0.4, -0.2) is 30.3 Å². The largest absolute Gasteiger partial charge is 0.461 e. The first-order valence-electron chi connectivity index (χ1n) is 7.79. The molecular formula is C17H23FN2O3. The topological polar surface area (TPSA) is 50.8 Å². The predicted molar refractivity (Wildman–Crippen MR) is 84.5 cm³/mol. The number of hydrogen-bond donors (Lipinski definition) is 1. The molecule has 126 valence electrons. The van der Waals surface area contributed by atoms with Crippen LogP contribution in [-0.2, 0) is 14.3 Å². The van der Waals surface area contributed by atoms with Gasteiger partial charge in [0.05, 0.1) is 6.61 Å². The third kappa shape index (κ3) is 3.64. The molecule has 2 unspecified atom stereocenters. The van der Waals surface area contributed by atoms with Gasteiger partial charge in [-0.25, -0.2) is 9.18 Å². The van der Waals surface area contributed by atoms with Crippen LogP contribution in [0.2, 0.25) is 0 Å². The van der Waals surface area contributed by atoms with E-state index in [9.17, 15) is 9.18 Å². The van der Waals surface area contributed by atoms with E-state index in [0.29, 0.717) is 18.9 Å². The number of allylic oxidation sites excluding steroid dienone is 1. The summed E-state index contributed by atoms with van der Waals surface area (Å²) in [5, 5.41) is 3.14. The molecule has 0 spiro atoms. The number of carbonyl (C=O) groups excluding carboxylic acids is 1. The first-order chi connectivity index (χ1) is 11.0. The lowest BCUT2D eigenvalue weighted by Crippen LogP contribution is -2.37. The van der Waals surface area contributed by atoms with E-state index in [1.165, 1.54) is 12.1 Å². The van der Waals surface area contributed by atoms with Gasteiger partial charge in [-0.05, 0) is 45.4 Å². The van der Waals surface area contributed by atoms with Gasteiger partial charge in [0.1, 0.15) is 23.9 Å². The second-order valence-electron chi connectivity index (χ2n) is 5.24. The van der Waals surface area contributed by atoms with Crippen LogP contribution in [0.3, 0.4) is 0 Å². The van der Waals surface area contributed by atoms with Crippen molar-refractivity contribution in [2.24, 2.45) is 0 Å². The molecule has 5 nitrogen and oxygen atoms in total. The van der Waals surface area contributed by atoms with Crippen molar-refractivity contribution in [2.45, 2.75) is 40.1 Å². The van der Waals surface area contributed by atoms with Gasteiger partial charge in [0.15, 0.2) is 0 Å². The molecule has 0 aliphatic carbocycles. The minimum absolute atomic E-state index is 0.271. The van der Waals surface area contributed by atoms with Crippen LogP contribution in [0, 0.1) is 5.82 Å². The molecule has 23 heavy (non-hydrogen) atoms. The Morgan fingerprint density at radius 2 is 2.13 bits per heavy atom. The highest BCUT2D eigenvalue weighted by Crippen LogP contribution is 2.33. The fraction of sp³-hybridized carbons (Fsp3) is 0.471. The van der Waals surface area contributed by atoms with E-state index in [1.807, 2.05) is 31.7 Å². The number of rotatable bonds is 6. The number of benzene rings is 1. The molecule has 1 N–H and O–H groups in total. The Kier molecular flexibility index (Phi) is 5.60. The van der Waals surface area contributed by atoms with Crippen LogP contribution in [0.5, 0.6) is 0 Å². The lowest BCUT2D eigenvalue weighted by atomic mass is 10.1. The highest BCUT2D eigenvalue weighted by Gasteiger charge is 2.36. The minimum atomic E-state index is -0.419. The highest BCUT2D eigenvalue weighted by atomic mass is 19.1. The molecule has 0 fully saturated rings. The monoisotopic (exact) mass is 322 g/mol. The lowest BCUT2D eigenvalue weighted by Gasteiger charge is -2.33. The Bertz CT molecular complexity index is 603. The van der Waals surface area contributed by atoms with Crippen LogP contribution < -0.4 is 5.32 Å². The number of nitrogens with zero attached hydrogens (tertiary/aromatic N) is 1. The molecule has 1 aliphatic heterocycles. The van der Waals surface area contributed by atoms with Gasteiger partial charge in [-0.3, -0.25) is 0 Å². The lowest BCUT2D eigenvalue weighted by molar-refractivity contribution is -0.138. The molecule has 1 aromatic carbocycles. The maximum atomic E-state index is 13.6. The van der Waals surface area contributed by atoms with Crippen molar-refractivity contribution in [2.75, 3.05) is 13.2 Å². The highest BCUT2D eigenvalue weighted by molar-refractivity contribution is 5.89. The van der Waals surface area contributed by atoms with Gasteiger partial charge in [-0.2, -0.15) is 0 Å². The summed E-state index contributed by atoms with van der Waals surface area (Å²) in [6.07, 6.45) is -0.653. The van der Waals surface area contributed by atoms with E-state index in [-0.39, 0.29) is 18.2 Å². The zero-order valence-electron chi connectivity index (χ0n) is 13.9. The third-order valence-corrected chi connectivity index (χ3v) is 3.75. The molecule has 0 saturated heterocycles. The molecule has 1 aliphatic rings. The zero-order chi connectivity index (χ0) is 17.0. The van der Waals surface area contributed by atoms with Crippen molar-refractivity contribution in [3.05, 3.63) is 47.0 Å². The van der Waals surface area contributed by atoms with Gasteiger partial charge >= 0.3 is 5.97 Å². The number of ether oxygens (including phenoxy) is 2. The summed E-state index contributed by atoms with van der Waals surface area (Å²) >= 11 is 0. The molecule has 1 heterocycles. The van der Waals surface area contributed by atoms with Crippen LogP contribution in [0.15, 0.2) is 35.7 Å². The fourth-order valence-corrected chi connectivity index (χ4v) is 2.77. The SMILES string of the molecule is CCOC(=O)C1=C(C)N(C(C)OCC)C(c2cccc(F)c2)N1. The van der Waals surface area contributed by atoms with E-state index in [0.717, 1.165) is 11.3 Å². The summed E-state index contributed by atoms with van der Waals surface area (Å²) in [7, 11) is 0. The second-order valence-corrected chi connectivity index (χ2v) is 5.24. The molecule has 0 aromatic heterocycles. The molecule has 6 heteroatoms. The Morgan fingerprint density at radius 3 is 2.74 bits per heavy atom. The van der Waals surface area contributed by atoms with E-state index in [2.05, 4.69) is 5.32 Å². The summed E-state index contributed by atoms with van der Waals surface area (Å²) in [5.41, 5.74) is 1.82. The molecule has 0 radical (unpaired) electrons. The third-order valence-electron chi connectivity index (χ3n) is 3.75. The number of halogens is 1. The molecule has 2 atom stereocenters. The molecular weight excluding hydrogens is 299 g/mol. The van der Waals surface area contributed by atoms with Gasteiger partial charge in [-0.15, -0.1) is 0 Å². The maximum Gasteiger partial charge on any atom is 0.356 e. The van der Waals surface area contributed by atoms with Crippen molar-refractivity contribution >= 4 is 5.97 Å². The smallest absolute Gasteiger partial charge is 0.356 e. The van der Waals surface area contributed by atoms with Gasteiger partial charge < -0.3 is 19.7 Å². The van der Waals surface area contributed by atoms with Gasteiger partial charge in [-0.1, -0.05) is 12.1 Å². The van der Waals surface area contributed by atoms with Gasteiger partial charge in [0, 0.05) is 12.3 Å². The molecule has 2 rings (SSSR count).